The Morgan fingerprint density at radius 2 is 1.73 bits per heavy atom. The summed E-state index contributed by atoms with van der Waals surface area (Å²) < 4.78 is 0. The summed E-state index contributed by atoms with van der Waals surface area (Å²) in [6, 6.07) is 15.6. The fourth-order valence-electron chi connectivity index (χ4n) is 4.27. The van der Waals surface area contributed by atoms with E-state index in [1.54, 1.807) is 4.90 Å². The van der Waals surface area contributed by atoms with Gasteiger partial charge in [0.15, 0.2) is 0 Å². The molecule has 2 fully saturated rings. The zero-order chi connectivity index (χ0) is 18.3. The Morgan fingerprint density at radius 3 is 2.50 bits per heavy atom. The minimum absolute atomic E-state index is 0.0451. The van der Waals surface area contributed by atoms with Crippen LogP contribution in [0.4, 0.5) is 0 Å². The van der Waals surface area contributed by atoms with Crippen molar-refractivity contribution in [3.8, 4) is 11.1 Å². The van der Waals surface area contributed by atoms with Crippen molar-refractivity contribution in [2.75, 3.05) is 13.1 Å². The van der Waals surface area contributed by atoms with E-state index in [9.17, 15) is 9.59 Å². The molecule has 0 radical (unpaired) electrons. The van der Waals surface area contributed by atoms with E-state index in [0.717, 1.165) is 36.1 Å². The highest BCUT2D eigenvalue weighted by Gasteiger charge is 2.42. The minimum atomic E-state index is -0.401. The number of aryl methyl sites for hydroxylation is 1. The summed E-state index contributed by atoms with van der Waals surface area (Å²) >= 11 is 0. The molecule has 26 heavy (non-hydrogen) atoms. The first-order chi connectivity index (χ1) is 12.6. The molecule has 2 amide bonds. The maximum absolute atomic E-state index is 13.4. The predicted octanol–water partition coefficient (Wildman–Crippen LogP) is 3.50. The number of hydrogen-bond acceptors (Lipinski definition) is 2. The summed E-state index contributed by atoms with van der Waals surface area (Å²) in [4.78, 5) is 29.8. The number of nitrogens with zero attached hydrogens (tertiary/aromatic N) is 2. The van der Waals surface area contributed by atoms with Gasteiger partial charge in [-0.25, -0.2) is 0 Å². The van der Waals surface area contributed by atoms with Crippen molar-refractivity contribution >= 4 is 11.8 Å². The molecule has 2 atom stereocenters. The Bertz CT molecular complexity index is 861. The van der Waals surface area contributed by atoms with Crippen LogP contribution >= 0.6 is 0 Å². The standard InChI is InChI=1S/C22H24N2O2/c1-15-8-3-4-10-18(15)19-11-5-6-12-20(19)22(26)24-14-17-9-7-13-23(17)21(25)16(24)2/h3-6,8,10-12,16-17H,7,9,13-14H2,1-2H3/t16-,17-/m0/s1. The smallest absolute Gasteiger partial charge is 0.255 e. The van der Waals surface area contributed by atoms with Gasteiger partial charge in [-0.1, -0.05) is 42.5 Å². The third-order valence-corrected chi connectivity index (χ3v) is 5.75. The van der Waals surface area contributed by atoms with Crippen molar-refractivity contribution in [3.63, 3.8) is 0 Å². The molecule has 2 aromatic rings. The lowest BCUT2D eigenvalue weighted by Gasteiger charge is -2.41. The van der Waals surface area contributed by atoms with Crippen LogP contribution in [0.15, 0.2) is 48.5 Å². The number of amides is 2. The van der Waals surface area contributed by atoms with E-state index in [2.05, 4.69) is 13.0 Å². The van der Waals surface area contributed by atoms with Crippen LogP contribution in [0.5, 0.6) is 0 Å². The zero-order valence-corrected chi connectivity index (χ0v) is 15.3. The second kappa shape index (κ2) is 6.60. The maximum Gasteiger partial charge on any atom is 0.255 e. The summed E-state index contributed by atoms with van der Waals surface area (Å²) in [6.45, 7) is 5.37. The molecule has 2 heterocycles. The van der Waals surface area contributed by atoms with E-state index < -0.39 is 6.04 Å². The first-order valence-corrected chi connectivity index (χ1v) is 9.34. The number of hydrogen-bond donors (Lipinski definition) is 0. The number of rotatable bonds is 2. The Hall–Kier alpha value is -2.62. The van der Waals surface area contributed by atoms with E-state index in [4.69, 9.17) is 0 Å². The van der Waals surface area contributed by atoms with E-state index in [-0.39, 0.29) is 17.9 Å². The Morgan fingerprint density at radius 1 is 1.04 bits per heavy atom. The zero-order valence-electron chi connectivity index (χ0n) is 15.3. The van der Waals surface area contributed by atoms with E-state index >= 15 is 0 Å². The number of carbonyl (C=O) groups excluding carboxylic acids is 2. The molecule has 0 spiro atoms. The minimum Gasteiger partial charge on any atom is -0.336 e. The van der Waals surface area contributed by atoms with Crippen LogP contribution in [-0.2, 0) is 4.79 Å². The largest absolute Gasteiger partial charge is 0.336 e. The SMILES string of the molecule is Cc1ccccc1-c1ccccc1C(=O)N1C[C@@H]2CCCN2C(=O)[C@@H]1C. The molecule has 0 aliphatic carbocycles. The average molecular weight is 348 g/mol. The first-order valence-electron chi connectivity index (χ1n) is 9.34. The van der Waals surface area contributed by atoms with Crippen LogP contribution in [0.1, 0.15) is 35.7 Å². The molecular formula is C22H24N2O2. The van der Waals surface area contributed by atoms with Crippen LogP contribution in [0, 0.1) is 6.92 Å². The summed E-state index contributed by atoms with van der Waals surface area (Å²) in [5.74, 6) is 0.0386. The quantitative estimate of drug-likeness (QED) is 0.833. The molecule has 0 N–H and O–H groups in total. The Balaban J connectivity index is 1.71. The third-order valence-electron chi connectivity index (χ3n) is 5.75. The highest BCUT2D eigenvalue weighted by molar-refractivity contribution is 6.03. The number of benzene rings is 2. The molecule has 0 unspecified atom stereocenters. The molecule has 4 heteroatoms. The molecule has 134 valence electrons. The van der Waals surface area contributed by atoms with Crippen LogP contribution in [0.25, 0.3) is 11.1 Å². The van der Waals surface area contributed by atoms with Gasteiger partial charge in [-0.2, -0.15) is 0 Å². The third kappa shape index (κ3) is 2.70. The molecule has 2 saturated heterocycles. The fourth-order valence-corrected chi connectivity index (χ4v) is 4.27. The summed E-state index contributed by atoms with van der Waals surface area (Å²) in [5, 5.41) is 0. The van der Waals surface area contributed by atoms with Crippen molar-refractivity contribution in [1.29, 1.82) is 0 Å². The monoisotopic (exact) mass is 348 g/mol. The summed E-state index contributed by atoms with van der Waals surface area (Å²) in [5.41, 5.74) is 3.81. The molecule has 0 saturated carbocycles. The lowest BCUT2D eigenvalue weighted by atomic mass is 9.94. The van der Waals surface area contributed by atoms with Crippen molar-refractivity contribution in [2.24, 2.45) is 0 Å². The van der Waals surface area contributed by atoms with Crippen LogP contribution in [-0.4, -0.2) is 46.8 Å². The molecule has 2 aromatic carbocycles. The molecular weight excluding hydrogens is 324 g/mol. The van der Waals surface area contributed by atoms with Crippen molar-refractivity contribution in [2.45, 2.75) is 38.8 Å². The van der Waals surface area contributed by atoms with Gasteiger partial charge in [-0.3, -0.25) is 9.59 Å². The molecule has 4 nitrogen and oxygen atoms in total. The van der Waals surface area contributed by atoms with E-state index in [0.29, 0.717) is 12.1 Å². The van der Waals surface area contributed by atoms with Gasteiger partial charge in [0.2, 0.25) is 5.91 Å². The fraction of sp³-hybridized carbons (Fsp3) is 0.364. The molecule has 0 bridgehead atoms. The van der Waals surface area contributed by atoms with Gasteiger partial charge in [-0.05, 0) is 49.4 Å². The van der Waals surface area contributed by atoms with Gasteiger partial charge in [0, 0.05) is 24.7 Å². The maximum atomic E-state index is 13.4. The van der Waals surface area contributed by atoms with Crippen LogP contribution in [0.2, 0.25) is 0 Å². The van der Waals surface area contributed by atoms with E-state index in [1.807, 2.05) is 54.3 Å². The Kier molecular flexibility index (Phi) is 4.27. The average Bonchev–Trinajstić information content (AvgIpc) is 3.13. The number of fused-ring (bicyclic) bond motifs is 1. The normalized spacial score (nSPS) is 22.5. The van der Waals surface area contributed by atoms with Gasteiger partial charge in [-0.15, -0.1) is 0 Å². The van der Waals surface area contributed by atoms with E-state index in [1.165, 1.54) is 0 Å². The van der Waals surface area contributed by atoms with Crippen molar-refractivity contribution in [1.82, 2.24) is 9.80 Å². The van der Waals surface area contributed by atoms with Gasteiger partial charge in [0.25, 0.3) is 5.91 Å². The first kappa shape index (κ1) is 16.8. The Labute approximate surface area is 154 Å². The molecule has 2 aliphatic heterocycles. The molecule has 0 aromatic heterocycles. The van der Waals surface area contributed by atoms with Crippen molar-refractivity contribution in [3.05, 3.63) is 59.7 Å². The second-order valence-corrected chi connectivity index (χ2v) is 7.32. The topological polar surface area (TPSA) is 40.6 Å². The van der Waals surface area contributed by atoms with Crippen LogP contribution in [0.3, 0.4) is 0 Å². The second-order valence-electron chi connectivity index (χ2n) is 7.32. The summed E-state index contributed by atoms with van der Waals surface area (Å²) in [6.07, 6.45) is 2.02. The van der Waals surface area contributed by atoms with Gasteiger partial charge in [0.05, 0.1) is 0 Å². The van der Waals surface area contributed by atoms with Crippen molar-refractivity contribution < 1.29 is 9.59 Å². The number of carbonyl (C=O) groups is 2. The lowest BCUT2D eigenvalue weighted by molar-refractivity contribution is -0.141. The summed E-state index contributed by atoms with van der Waals surface area (Å²) in [7, 11) is 0. The molecule has 4 rings (SSSR count). The highest BCUT2D eigenvalue weighted by Crippen LogP contribution is 2.31. The highest BCUT2D eigenvalue weighted by atomic mass is 16.2. The van der Waals surface area contributed by atoms with Gasteiger partial charge >= 0.3 is 0 Å². The number of piperazine rings is 1. The van der Waals surface area contributed by atoms with Crippen LogP contribution < -0.4 is 0 Å². The molecule has 2 aliphatic rings. The predicted molar refractivity (Wildman–Crippen MR) is 102 cm³/mol. The van der Waals surface area contributed by atoms with Gasteiger partial charge < -0.3 is 9.80 Å². The lowest BCUT2D eigenvalue weighted by Crippen LogP contribution is -2.60. The van der Waals surface area contributed by atoms with Gasteiger partial charge in [0.1, 0.15) is 6.04 Å².